The number of nitrogens with two attached hydrogens (primary N) is 1. The first kappa shape index (κ1) is 13.4. The molecule has 1 atom stereocenters. The Bertz CT molecular complexity index is 102. The quantitative estimate of drug-likeness (QED) is 0.436. The average Bonchev–Trinajstić information content (AvgIpc) is 1.82. The molecule has 0 saturated heterocycles. The van der Waals surface area contributed by atoms with Crippen molar-refractivity contribution in [1.82, 2.24) is 0 Å². The van der Waals surface area contributed by atoms with Gasteiger partial charge in [-0.25, -0.2) is 0 Å². The van der Waals surface area contributed by atoms with E-state index in [0.717, 1.165) is 5.75 Å². The van der Waals surface area contributed by atoms with Crippen molar-refractivity contribution >= 4 is 17.7 Å². The topological polar surface area (TPSA) is 66.2 Å². The third kappa shape index (κ3) is 6.89. The largest absolute Gasteiger partial charge is 1.00 e. The van der Waals surface area contributed by atoms with Gasteiger partial charge in [0, 0.05) is 6.04 Å². The molecule has 0 rings (SSSR count). The van der Waals surface area contributed by atoms with Crippen molar-refractivity contribution in [2.45, 2.75) is 12.5 Å². The van der Waals surface area contributed by atoms with Gasteiger partial charge in [0.15, 0.2) is 0 Å². The predicted octanol–water partition coefficient (Wildman–Crippen LogP) is -4.18. The molecule has 0 saturated carbocycles. The number of hydrogen-bond acceptors (Lipinski definition) is 4. The van der Waals surface area contributed by atoms with Gasteiger partial charge in [-0.1, -0.05) is 0 Å². The summed E-state index contributed by atoms with van der Waals surface area (Å²) < 4.78 is 0. The zero-order chi connectivity index (χ0) is 7.28. The molecule has 0 amide bonds. The van der Waals surface area contributed by atoms with E-state index in [4.69, 9.17) is 5.73 Å². The molecule has 2 N–H and O–H groups in total. The van der Waals surface area contributed by atoms with Crippen LogP contribution in [0.4, 0.5) is 0 Å². The van der Waals surface area contributed by atoms with Gasteiger partial charge in [-0.05, 0) is 18.4 Å². The molecule has 0 aliphatic rings. The Balaban J connectivity index is 0. The van der Waals surface area contributed by atoms with E-state index in [-0.39, 0.29) is 29.6 Å². The first-order valence-electron chi connectivity index (χ1n) is 2.64. The number of carboxylic acids is 1. The SMILES string of the molecule is CSCC[C@@H](N)C(=O)[O-].[Na+]. The Morgan fingerprint density at radius 3 is 2.60 bits per heavy atom. The van der Waals surface area contributed by atoms with Gasteiger partial charge in [0.1, 0.15) is 0 Å². The molecule has 0 aliphatic carbocycles. The maximum atomic E-state index is 9.96. The maximum Gasteiger partial charge on any atom is 1.00 e. The third-order valence-electron chi connectivity index (χ3n) is 0.936. The molecular formula is C5H10NNaO2S. The first-order chi connectivity index (χ1) is 4.18. The van der Waals surface area contributed by atoms with Gasteiger partial charge < -0.3 is 15.6 Å². The number of carboxylic acid groups (broad SMARTS) is 1. The summed E-state index contributed by atoms with van der Waals surface area (Å²) in [6, 6.07) is -0.794. The number of carbonyl (C=O) groups excluding carboxylic acids is 1. The van der Waals surface area contributed by atoms with Gasteiger partial charge in [-0.3, -0.25) is 0 Å². The van der Waals surface area contributed by atoms with E-state index < -0.39 is 12.0 Å². The second-order valence-electron chi connectivity index (χ2n) is 1.71. The van der Waals surface area contributed by atoms with Crippen LogP contribution in [0.5, 0.6) is 0 Å². The monoisotopic (exact) mass is 171 g/mol. The van der Waals surface area contributed by atoms with Crippen LogP contribution in [0.3, 0.4) is 0 Å². The summed E-state index contributed by atoms with van der Waals surface area (Å²) in [5.41, 5.74) is 5.13. The van der Waals surface area contributed by atoms with E-state index in [1.54, 1.807) is 11.8 Å². The Labute approximate surface area is 87.0 Å². The second kappa shape index (κ2) is 7.88. The summed E-state index contributed by atoms with van der Waals surface area (Å²) in [6.45, 7) is 0. The average molecular weight is 171 g/mol. The van der Waals surface area contributed by atoms with Gasteiger partial charge in [0.25, 0.3) is 0 Å². The molecule has 54 valence electrons. The van der Waals surface area contributed by atoms with Crippen molar-refractivity contribution < 1.29 is 39.5 Å². The molecule has 0 heterocycles. The van der Waals surface area contributed by atoms with Crippen LogP contribution in [-0.4, -0.2) is 24.0 Å². The molecule has 0 aliphatic heterocycles. The van der Waals surface area contributed by atoms with Crippen LogP contribution in [0.2, 0.25) is 0 Å². The minimum absolute atomic E-state index is 0. The van der Waals surface area contributed by atoms with Crippen molar-refractivity contribution in [3.63, 3.8) is 0 Å². The van der Waals surface area contributed by atoms with Crippen LogP contribution in [-0.2, 0) is 4.79 Å². The summed E-state index contributed by atoms with van der Waals surface area (Å²) >= 11 is 1.58. The van der Waals surface area contributed by atoms with Crippen molar-refractivity contribution in [2.75, 3.05) is 12.0 Å². The fourth-order valence-corrected chi connectivity index (χ4v) is 0.852. The predicted molar refractivity (Wildman–Crippen MR) is 36.0 cm³/mol. The van der Waals surface area contributed by atoms with Gasteiger partial charge in [-0.2, -0.15) is 11.8 Å². The molecule has 0 fully saturated rings. The summed E-state index contributed by atoms with van der Waals surface area (Å²) in [6.07, 6.45) is 2.39. The molecule has 0 spiro atoms. The van der Waals surface area contributed by atoms with E-state index in [9.17, 15) is 9.90 Å². The fourth-order valence-electron chi connectivity index (χ4n) is 0.363. The maximum absolute atomic E-state index is 9.96. The van der Waals surface area contributed by atoms with Gasteiger partial charge >= 0.3 is 29.6 Å². The van der Waals surface area contributed by atoms with Crippen LogP contribution in [0.1, 0.15) is 6.42 Å². The molecule has 0 aromatic rings. The summed E-state index contributed by atoms with van der Waals surface area (Å²) in [5, 5.41) is 9.96. The number of hydrogen-bond donors (Lipinski definition) is 1. The Hall–Kier alpha value is 0.780. The molecule has 5 heteroatoms. The molecule has 0 unspecified atom stereocenters. The standard InChI is InChI=1S/C5H11NO2S.Na/c1-9-3-2-4(6)5(7)8;/h4H,2-3,6H2,1H3,(H,7,8);/q;+1/p-1/t4-;/m1./s1. The summed E-state index contributed by atoms with van der Waals surface area (Å²) in [7, 11) is 0. The molecule has 0 bridgehead atoms. The Morgan fingerprint density at radius 2 is 2.30 bits per heavy atom. The van der Waals surface area contributed by atoms with Crippen LogP contribution in [0.15, 0.2) is 0 Å². The van der Waals surface area contributed by atoms with Crippen molar-refractivity contribution in [2.24, 2.45) is 5.73 Å². The Morgan fingerprint density at radius 1 is 1.80 bits per heavy atom. The summed E-state index contributed by atoms with van der Waals surface area (Å²) in [4.78, 5) is 9.96. The molecule has 0 aromatic carbocycles. The first-order valence-corrected chi connectivity index (χ1v) is 4.03. The van der Waals surface area contributed by atoms with E-state index in [1.165, 1.54) is 0 Å². The molecule has 10 heavy (non-hydrogen) atoms. The van der Waals surface area contributed by atoms with E-state index in [0.29, 0.717) is 6.42 Å². The Kier molecular flexibility index (Phi) is 10.5. The smallest absolute Gasteiger partial charge is 0.548 e. The minimum atomic E-state index is -1.16. The number of rotatable bonds is 4. The van der Waals surface area contributed by atoms with E-state index in [1.807, 2.05) is 6.26 Å². The van der Waals surface area contributed by atoms with Crippen molar-refractivity contribution in [1.29, 1.82) is 0 Å². The van der Waals surface area contributed by atoms with Gasteiger partial charge in [-0.15, -0.1) is 0 Å². The van der Waals surface area contributed by atoms with Crippen molar-refractivity contribution in [3.05, 3.63) is 0 Å². The van der Waals surface area contributed by atoms with Crippen LogP contribution < -0.4 is 40.4 Å². The van der Waals surface area contributed by atoms with Crippen LogP contribution in [0, 0.1) is 0 Å². The normalized spacial score (nSPS) is 11.8. The zero-order valence-electron chi connectivity index (χ0n) is 6.29. The van der Waals surface area contributed by atoms with Gasteiger partial charge in [0.2, 0.25) is 0 Å². The molecule has 0 aromatic heterocycles. The van der Waals surface area contributed by atoms with E-state index >= 15 is 0 Å². The van der Waals surface area contributed by atoms with Gasteiger partial charge in [0.05, 0.1) is 5.97 Å². The number of aliphatic carboxylic acids is 1. The molecular weight excluding hydrogens is 161 g/mol. The van der Waals surface area contributed by atoms with E-state index in [2.05, 4.69) is 0 Å². The summed E-state index contributed by atoms with van der Waals surface area (Å²) in [5.74, 6) is -0.390. The zero-order valence-corrected chi connectivity index (χ0v) is 9.11. The van der Waals surface area contributed by atoms with Crippen LogP contribution in [0.25, 0.3) is 0 Å². The van der Waals surface area contributed by atoms with Crippen molar-refractivity contribution in [3.8, 4) is 0 Å². The number of thioether (sulfide) groups is 1. The number of carbonyl (C=O) groups is 1. The molecule has 0 radical (unpaired) electrons. The molecule has 3 nitrogen and oxygen atoms in total. The fraction of sp³-hybridized carbons (Fsp3) is 0.800. The van der Waals surface area contributed by atoms with Crippen LogP contribution >= 0.6 is 11.8 Å². The minimum Gasteiger partial charge on any atom is -0.548 e. The third-order valence-corrected chi connectivity index (χ3v) is 1.58. The second-order valence-corrected chi connectivity index (χ2v) is 2.69.